The lowest BCUT2D eigenvalue weighted by atomic mass is 10.1. The van der Waals surface area contributed by atoms with E-state index in [1.54, 1.807) is 13.0 Å². The number of hydrogen-bond acceptors (Lipinski definition) is 3. The second kappa shape index (κ2) is 6.12. The zero-order valence-electron chi connectivity index (χ0n) is 10.8. The average Bonchev–Trinajstić information content (AvgIpc) is 2.71. The van der Waals surface area contributed by atoms with Crippen molar-refractivity contribution in [2.75, 3.05) is 0 Å². The highest BCUT2D eigenvalue weighted by atomic mass is 79.9. The van der Waals surface area contributed by atoms with Crippen LogP contribution in [0.25, 0.3) is 11.8 Å². The maximum Gasteiger partial charge on any atom is 0.346 e. The van der Waals surface area contributed by atoms with Crippen molar-refractivity contribution in [3.63, 3.8) is 0 Å². The first kappa shape index (κ1) is 15.3. The largest absolute Gasteiger partial charge is 0.477 e. The number of carbonyl (C=O) groups is 1. The van der Waals surface area contributed by atoms with E-state index in [2.05, 4.69) is 21.0 Å². The zero-order chi connectivity index (χ0) is 15.6. The summed E-state index contributed by atoms with van der Waals surface area (Å²) in [4.78, 5) is 10.9. The van der Waals surface area contributed by atoms with Gasteiger partial charge < -0.3 is 5.11 Å². The van der Waals surface area contributed by atoms with Gasteiger partial charge >= 0.3 is 5.97 Å². The standard InChI is InChI=1S/C14H9BrClN3O2/c1-8-12(5-9(7-17)14(20)21)13(16)19(18-8)11-4-2-3-10(15)6-11/h2-6H,1H3,(H,20,21)/b9-5+. The Balaban J connectivity index is 2.58. The second-order valence-corrected chi connectivity index (χ2v) is 5.43. The molecule has 0 radical (unpaired) electrons. The van der Waals surface area contributed by atoms with Crippen molar-refractivity contribution in [3.05, 3.63) is 50.7 Å². The molecule has 0 saturated heterocycles. The Kier molecular flexibility index (Phi) is 4.46. The van der Waals surface area contributed by atoms with Gasteiger partial charge in [0.1, 0.15) is 16.8 Å². The summed E-state index contributed by atoms with van der Waals surface area (Å²) in [5.41, 5.74) is 1.28. The smallest absolute Gasteiger partial charge is 0.346 e. The minimum atomic E-state index is -1.30. The Morgan fingerprint density at radius 2 is 2.29 bits per heavy atom. The predicted molar refractivity (Wildman–Crippen MR) is 82.2 cm³/mol. The number of benzene rings is 1. The van der Waals surface area contributed by atoms with E-state index in [9.17, 15) is 4.79 Å². The van der Waals surface area contributed by atoms with Gasteiger partial charge in [-0.05, 0) is 31.2 Å². The highest BCUT2D eigenvalue weighted by Gasteiger charge is 2.16. The molecule has 106 valence electrons. The molecule has 1 aromatic heterocycles. The van der Waals surface area contributed by atoms with Gasteiger partial charge in [0.15, 0.2) is 0 Å². The summed E-state index contributed by atoms with van der Waals surface area (Å²) >= 11 is 9.62. The van der Waals surface area contributed by atoms with Crippen molar-refractivity contribution in [2.24, 2.45) is 0 Å². The van der Waals surface area contributed by atoms with Crippen LogP contribution >= 0.6 is 27.5 Å². The van der Waals surface area contributed by atoms with Crippen molar-refractivity contribution in [1.82, 2.24) is 9.78 Å². The fraction of sp³-hybridized carbons (Fsp3) is 0.0714. The van der Waals surface area contributed by atoms with Crippen LogP contribution in [0.3, 0.4) is 0 Å². The minimum Gasteiger partial charge on any atom is -0.477 e. The summed E-state index contributed by atoms with van der Waals surface area (Å²) in [6.45, 7) is 1.70. The molecule has 1 aromatic carbocycles. The maximum absolute atomic E-state index is 10.9. The lowest BCUT2D eigenvalue weighted by Crippen LogP contribution is -1.98. The number of nitrogens with zero attached hydrogens (tertiary/aromatic N) is 3. The number of carboxylic acid groups (broad SMARTS) is 1. The first-order chi connectivity index (χ1) is 9.93. The molecule has 0 unspecified atom stereocenters. The van der Waals surface area contributed by atoms with Gasteiger partial charge in [-0.25, -0.2) is 9.48 Å². The molecule has 0 saturated carbocycles. The number of nitriles is 1. The number of aliphatic carboxylic acids is 1. The molecule has 5 nitrogen and oxygen atoms in total. The van der Waals surface area contributed by atoms with Gasteiger partial charge in [0.25, 0.3) is 0 Å². The molecule has 0 aliphatic rings. The molecule has 2 aromatic rings. The predicted octanol–water partition coefficient (Wildman–Crippen LogP) is 3.59. The minimum absolute atomic E-state index is 0.250. The van der Waals surface area contributed by atoms with Crippen molar-refractivity contribution >= 4 is 39.6 Å². The lowest BCUT2D eigenvalue weighted by Gasteiger charge is -2.03. The summed E-state index contributed by atoms with van der Waals surface area (Å²) in [7, 11) is 0. The fourth-order valence-corrected chi connectivity index (χ4v) is 2.45. The molecule has 0 amide bonds. The highest BCUT2D eigenvalue weighted by Crippen LogP contribution is 2.26. The topological polar surface area (TPSA) is 78.9 Å². The molecule has 0 bridgehead atoms. The van der Waals surface area contributed by atoms with Crippen molar-refractivity contribution in [1.29, 1.82) is 5.26 Å². The van der Waals surface area contributed by atoms with E-state index < -0.39 is 11.5 Å². The number of carboxylic acids is 1. The van der Waals surface area contributed by atoms with E-state index in [1.807, 2.05) is 24.3 Å². The molecule has 1 heterocycles. The molecule has 21 heavy (non-hydrogen) atoms. The van der Waals surface area contributed by atoms with Crippen LogP contribution in [-0.2, 0) is 4.79 Å². The molecule has 0 aliphatic carbocycles. The Labute approximate surface area is 134 Å². The second-order valence-electron chi connectivity index (χ2n) is 4.16. The van der Waals surface area contributed by atoms with Gasteiger partial charge in [0.05, 0.1) is 11.4 Å². The zero-order valence-corrected chi connectivity index (χ0v) is 13.2. The summed E-state index contributed by atoms with van der Waals surface area (Å²) in [5, 5.41) is 22.3. The molecule has 2 rings (SSSR count). The fourth-order valence-electron chi connectivity index (χ4n) is 1.74. The maximum atomic E-state index is 10.9. The van der Waals surface area contributed by atoms with Crippen LogP contribution in [0.5, 0.6) is 0 Å². The first-order valence-corrected chi connectivity index (χ1v) is 6.97. The van der Waals surface area contributed by atoms with Crippen LogP contribution in [0.15, 0.2) is 34.3 Å². The van der Waals surface area contributed by atoms with Gasteiger partial charge in [-0.2, -0.15) is 10.4 Å². The SMILES string of the molecule is Cc1nn(-c2cccc(Br)c2)c(Cl)c1/C=C(\C#N)C(=O)O. The van der Waals surface area contributed by atoms with Crippen LogP contribution in [0.4, 0.5) is 0 Å². The van der Waals surface area contributed by atoms with Gasteiger partial charge in [0, 0.05) is 10.0 Å². The Hall–Kier alpha value is -2.10. The van der Waals surface area contributed by atoms with E-state index in [4.69, 9.17) is 22.0 Å². The van der Waals surface area contributed by atoms with Gasteiger partial charge in [-0.3, -0.25) is 0 Å². The van der Waals surface area contributed by atoms with Gasteiger partial charge in [-0.1, -0.05) is 33.6 Å². The summed E-state index contributed by atoms with van der Waals surface area (Å²) in [5.74, 6) is -1.30. The van der Waals surface area contributed by atoms with Crippen molar-refractivity contribution < 1.29 is 9.90 Å². The van der Waals surface area contributed by atoms with Crippen LogP contribution in [-0.4, -0.2) is 20.9 Å². The molecule has 7 heteroatoms. The van der Waals surface area contributed by atoms with E-state index in [-0.39, 0.29) is 5.15 Å². The van der Waals surface area contributed by atoms with E-state index in [0.29, 0.717) is 11.3 Å². The Morgan fingerprint density at radius 1 is 1.57 bits per heavy atom. The third-order valence-electron chi connectivity index (χ3n) is 2.74. The van der Waals surface area contributed by atoms with Crippen molar-refractivity contribution in [2.45, 2.75) is 6.92 Å². The Morgan fingerprint density at radius 3 is 2.86 bits per heavy atom. The van der Waals surface area contributed by atoms with Crippen LogP contribution in [0.2, 0.25) is 5.15 Å². The third kappa shape index (κ3) is 3.15. The summed E-state index contributed by atoms with van der Waals surface area (Å²) in [6.07, 6.45) is 1.22. The molecule has 0 aliphatic heterocycles. The number of rotatable bonds is 3. The quantitative estimate of drug-likeness (QED) is 0.665. The summed E-state index contributed by atoms with van der Waals surface area (Å²) in [6, 6.07) is 8.97. The normalized spacial score (nSPS) is 11.2. The van der Waals surface area contributed by atoms with E-state index in [1.165, 1.54) is 10.8 Å². The van der Waals surface area contributed by atoms with E-state index in [0.717, 1.165) is 10.2 Å². The van der Waals surface area contributed by atoms with Crippen LogP contribution in [0.1, 0.15) is 11.3 Å². The average molecular weight is 367 g/mol. The number of aryl methyl sites for hydroxylation is 1. The molecule has 1 N–H and O–H groups in total. The van der Waals surface area contributed by atoms with Gasteiger partial charge in [-0.15, -0.1) is 0 Å². The van der Waals surface area contributed by atoms with Crippen LogP contribution in [0, 0.1) is 18.3 Å². The number of aromatic nitrogens is 2. The van der Waals surface area contributed by atoms with E-state index >= 15 is 0 Å². The third-order valence-corrected chi connectivity index (χ3v) is 3.60. The highest BCUT2D eigenvalue weighted by molar-refractivity contribution is 9.10. The number of hydrogen-bond donors (Lipinski definition) is 1. The molecule has 0 fully saturated rings. The van der Waals surface area contributed by atoms with Gasteiger partial charge in [0.2, 0.25) is 0 Å². The molecule has 0 atom stereocenters. The molecule has 0 spiro atoms. The lowest BCUT2D eigenvalue weighted by molar-refractivity contribution is -0.132. The monoisotopic (exact) mass is 365 g/mol. The number of halogens is 2. The first-order valence-electron chi connectivity index (χ1n) is 5.80. The van der Waals surface area contributed by atoms with Crippen molar-refractivity contribution in [3.8, 4) is 11.8 Å². The molecular weight excluding hydrogens is 358 g/mol. The summed E-state index contributed by atoms with van der Waals surface area (Å²) < 4.78 is 2.36. The molecular formula is C14H9BrClN3O2. The van der Waals surface area contributed by atoms with Crippen LogP contribution < -0.4 is 0 Å². The Bertz CT molecular complexity index is 790.